The number of amides is 2. The van der Waals surface area contributed by atoms with Crippen LogP contribution in [0, 0.1) is 0 Å². The first-order valence-corrected chi connectivity index (χ1v) is 9.88. The van der Waals surface area contributed by atoms with Crippen molar-refractivity contribution in [3.8, 4) is 11.6 Å². The van der Waals surface area contributed by atoms with Crippen LogP contribution in [0.15, 0.2) is 46.2 Å². The van der Waals surface area contributed by atoms with E-state index in [0.717, 1.165) is 24.9 Å². The number of nitrogens with two attached hydrogens (primary N) is 1. The van der Waals surface area contributed by atoms with Gasteiger partial charge in [0.05, 0.1) is 12.0 Å². The predicted octanol–water partition coefficient (Wildman–Crippen LogP) is 2.24. The zero-order valence-electron chi connectivity index (χ0n) is 15.1. The lowest BCUT2D eigenvalue weighted by Gasteiger charge is -2.08. The van der Waals surface area contributed by atoms with Gasteiger partial charge in [0.2, 0.25) is 17.6 Å². The van der Waals surface area contributed by atoms with Gasteiger partial charge in [-0.3, -0.25) is 14.2 Å². The Bertz CT molecular complexity index is 1010. The summed E-state index contributed by atoms with van der Waals surface area (Å²) in [4.78, 5) is 23.8. The van der Waals surface area contributed by atoms with Crippen LogP contribution in [0.4, 0.5) is 5.69 Å². The quantitative estimate of drug-likeness (QED) is 0.591. The van der Waals surface area contributed by atoms with E-state index >= 15 is 0 Å². The highest BCUT2D eigenvalue weighted by Gasteiger charge is 2.19. The molecule has 28 heavy (non-hydrogen) atoms. The molecule has 1 aromatic carbocycles. The van der Waals surface area contributed by atoms with Crippen molar-refractivity contribution >= 4 is 29.3 Å². The monoisotopic (exact) mass is 397 g/mol. The van der Waals surface area contributed by atoms with Crippen LogP contribution < -0.4 is 11.1 Å². The minimum Gasteiger partial charge on any atom is -0.461 e. The Morgan fingerprint density at radius 1 is 1.21 bits per heavy atom. The molecule has 3 aromatic rings. The van der Waals surface area contributed by atoms with Gasteiger partial charge in [-0.25, -0.2) is 0 Å². The highest BCUT2D eigenvalue weighted by Crippen LogP contribution is 2.26. The minimum absolute atomic E-state index is 0.0994. The number of hydrogen-bond acceptors (Lipinski definition) is 6. The molecule has 4 rings (SSSR count). The van der Waals surface area contributed by atoms with E-state index in [1.807, 2.05) is 12.1 Å². The van der Waals surface area contributed by atoms with Gasteiger partial charge in [-0.15, -0.1) is 10.2 Å². The normalized spacial score (nSPS) is 12.7. The second-order valence-electron chi connectivity index (χ2n) is 6.51. The van der Waals surface area contributed by atoms with Crippen LogP contribution in [-0.2, 0) is 29.0 Å². The Morgan fingerprint density at radius 3 is 2.86 bits per heavy atom. The fraction of sp³-hybridized carbons (Fsp3) is 0.263. The van der Waals surface area contributed by atoms with Gasteiger partial charge in [-0.1, -0.05) is 17.8 Å². The minimum atomic E-state index is -0.531. The highest BCUT2D eigenvalue weighted by molar-refractivity contribution is 7.99. The molecule has 0 radical (unpaired) electrons. The first-order chi connectivity index (χ1) is 13.6. The van der Waals surface area contributed by atoms with E-state index in [1.54, 1.807) is 16.7 Å². The maximum Gasteiger partial charge on any atom is 0.237 e. The van der Waals surface area contributed by atoms with Gasteiger partial charge in [-0.2, -0.15) is 0 Å². The number of aryl methyl sites for hydroxylation is 2. The number of nitrogens with one attached hydrogen (secondary N) is 1. The van der Waals surface area contributed by atoms with E-state index in [1.165, 1.54) is 29.2 Å². The fourth-order valence-electron chi connectivity index (χ4n) is 3.26. The molecule has 9 heteroatoms. The molecule has 0 fully saturated rings. The molecule has 3 N–H and O–H groups in total. The van der Waals surface area contributed by atoms with Gasteiger partial charge in [0.1, 0.15) is 6.54 Å². The van der Waals surface area contributed by atoms with Crippen LogP contribution in [0.1, 0.15) is 17.5 Å². The Kier molecular flexibility index (Phi) is 5.16. The largest absolute Gasteiger partial charge is 0.461 e. The summed E-state index contributed by atoms with van der Waals surface area (Å²) in [7, 11) is 0. The van der Waals surface area contributed by atoms with Gasteiger partial charge in [0.25, 0.3) is 0 Å². The summed E-state index contributed by atoms with van der Waals surface area (Å²) < 4.78 is 6.88. The lowest BCUT2D eigenvalue weighted by atomic mass is 10.1. The lowest BCUT2D eigenvalue weighted by Crippen LogP contribution is -2.20. The second kappa shape index (κ2) is 7.89. The Labute approximate surface area is 165 Å². The summed E-state index contributed by atoms with van der Waals surface area (Å²) in [6.07, 6.45) is 4.83. The molecule has 0 atom stereocenters. The van der Waals surface area contributed by atoms with E-state index in [9.17, 15) is 9.59 Å². The predicted molar refractivity (Wildman–Crippen MR) is 105 cm³/mol. The third kappa shape index (κ3) is 3.94. The van der Waals surface area contributed by atoms with Crippen molar-refractivity contribution in [3.63, 3.8) is 0 Å². The molecule has 1 aliphatic carbocycles. The average molecular weight is 397 g/mol. The fourth-order valence-corrected chi connectivity index (χ4v) is 4.00. The summed E-state index contributed by atoms with van der Waals surface area (Å²) in [5.74, 6) is 0.313. The van der Waals surface area contributed by atoms with Crippen molar-refractivity contribution < 1.29 is 14.0 Å². The van der Waals surface area contributed by atoms with Crippen molar-refractivity contribution in [2.24, 2.45) is 5.73 Å². The maximum atomic E-state index is 12.4. The molecule has 0 spiro atoms. The SMILES string of the molecule is NC(=O)Cn1c(SCC(=O)Nc2ccc3c(c2)CCC3)nnc1-c1ccco1. The van der Waals surface area contributed by atoms with Crippen LogP contribution in [0.25, 0.3) is 11.6 Å². The molecule has 0 saturated carbocycles. The molecule has 0 aliphatic heterocycles. The molecule has 0 bridgehead atoms. The van der Waals surface area contributed by atoms with Crippen molar-refractivity contribution in [1.82, 2.24) is 14.8 Å². The smallest absolute Gasteiger partial charge is 0.237 e. The molecule has 0 unspecified atom stereocenters. The number of furan rings is 1. The first kappa shape index (κ1) is 18.3. The second-order valence-corrected chi connectivity index (χ2v) is 7.45. The lowest BCUT2D eigenvalue weighted by molar-refractivity contribution is -0.118. The molecule has 2 heterocycles. The van der Waals surface area contributed by atoms with E-state index in [4.69, 9.17) is 10.2 Å². The van der Waals surface area contributed by atoms with Crippen LogP contribution in [0.2, 0.25) is 0 Å². The van der Waals surface area contributed by atoms with Crippen molar-refractivity contribution in [2.45, 2.75) is 31.0 Å². The van der Waals surface area contributed by atoms with Gasteiger partial charge in [0, 0.05) is 5.69 Å². The van der Waals surface area contributed by atoms with E-state index in [0.29, 0.717) is 16.7 Å². The first-order valence-electron chi connectivity index (χ1n) is 8.90. The summed E-state index contributed by atoms with van der Waals surface area (Å²) in [6, 6.07) is 9.48. The van der Waals surface area contributed by atoms with Crippen LogP contribution in [0.5, 0.6) is 0 Å². The molecule has 2 amide bonds. The van der Waals surface area contributed by atoms with E-state index in [2.05, 4.69) is 21.6 Å². The zero-order valence-corrected chi connectivity index (χ0v) is 15.9. The Morgan fingerprint density at radius 2 is 2.07 bits per heavy atom. The number of aromatic nitrogens is 3. The van der Waals surface area contributed by atoms with Gasteiger partial charge < -0.3 is 15.5 Å². The topological polar surface area (TPSA) is 116 Å². The van der Waals surface area contributed by atoms with Gasteiger partial charge >= 0.3 is 0 Å². The number of fused-ring (bicyclic) bond motifs is 1. The van der Waals surface area contributed by atoms with Crippen molar-refractivity contribution in [2.75, 3.05) is 11.1 Å². The number of carbonyl (C=O) groups excluding carboxylic acids is 2. The molecule has 1 aliphatic rings. The summed E-state index contributed by atoms with van der Waals surface area (Å²) in [6.45, 7) is -0.0994. The number of nitrogens with zero attached hydrogens (tertiary/aromatic N) is 3. The number of benzene rings is 1. The molecule has 144 valence electrons. The summed E-state index contributed by atoms with van der Waals surface area (Å²) in [5, 5.41) is 11.5. The van der Waals surface area contributed by atoms with E-state index < -0.39 is 5.91 Å². The average Bonchev–Trinajstić information content (AvgIpc) is 3.40. The van der Waals surface area contributed by atoms with Gasteiger partial charge in [-0.05, 0) is 54.7 Å². The molecular weight excluding hydrogens is 378 g/mol. The molecule has 2 aromatic heterocycles. The van der Waals surface area contributed by atoms with Gasteiger partial charge in [0.15, 0.2) is 10.9 Å². The molecule has 0 saturated heterocycles. The third-order valence-electron chi connectivity index (χ3n) is 4.49. The molecule has 8 nitrogen and oxygen atoms in total. The van der Waals surface area contributed by atoms with Crippen molar-refractivity contribution in [3.05, 3.63) is 47.7 Å². The van der Waals surface area contributed by atoms with Crippen molar-refractivity contribution in [1.29, 1.82) is 0 Å². The van der Waals surface area contributed by atoms with E-state index in [-0.39, 0.29) is 18.2 Å². The molecular formula is C19H19N5O3S. The number of thioether (sulfide) groups is 1. The Hall–Kier alpha value is -3.07. The van der Waals surface area contributed by atoms with Crippen LogP contribution in [-0.4, -0.2) is 32.3 Å². The maximum absolute atomic E-state index is 12.4. The highest BCUT2D eigenvalue weighted by atomic mass is 32.2. The number of rotatable bonds is 7. The zero-order chi connectivity index (χ0) is 19.5. The van der Waals surface area contributed by atoms with Crippen LogP contribution in [0.3, 0.4) is 0 Å². The standard InChI is InChI=1S/C19H19N5O3S/c20-16(25)10-24-18(15-5-2-8-27-15)22-23-19(24)28-11-17(26)21-14-7-6-12-3-1-4-13(12)9-14/h2,5-9H,1,3-4,10-11H2,(H2,20,25)(H,21,26). The Balaban J connectivity index is 1.44. The number of primary amides is 1. The number of anilines is 1. The number of hydrogen-bond donors (Lipinski definition) is 2. The summed E-state index contributed by atoms with van der Waals surface area (Å²) in [5.41, 5.74) is 8.80. The third-order valence-corrected chi connectivity index (χ3v) is 5.45. The summed E-state index contributed by atoms with van der Waals surface area (Å²) >= 11 is 1.19. The van der Waals surface area contributed by atoms with Crippen LogP contribution >= 0.6 is 11.8 Å². The number of carbonyl (C=O) groups is 2.